The van der Waals surface area contributed by atoms with E-state index in [1.54, 1.807) is 14.2 Å². The van der Waals surface area contributed by atoms with Crippen molar-refractivity contribution in [3.8, 4) is 0 Å². The summed E-state index contributed by atoms with van der Waals surface area (Å²) in [7, 11) is 3.29. The second-order valence-electron chi connectivity index (χ2n) is 17.6. The fourth-order valence-electron chi connectivity index (χ4n) is 8.09. The van der Waals surface area contributed by atoms with Crippen LogP contribution in [0.4, 0.5) is 0 Å². The van der Waals surface area contributed by atoms with Gasteiger partial charge in [-0.05, 0) is 80.1 Å². The number of hydrogen-bond acceptors (Lipinski definition) is 14. The van der Waals surface area contributed by atoms with Gasteiger partial charge in [0.05, 0.1) is 26.1 Å². The van der Waals surface area contributed by atoms with Crippen molar-refractivity contribution in [2.75, 3.05) is 27.4 Å². The Bertz CT molecular complexity index is 1080. The lowest BCUT2D eigenvalue weighted by Crippen LogP contribution is -2.51. The van der Waals surface area contributed by atoms with Crippen LogP contribution in [0.15, 0.2) is 0 Å². The van der Waals surface area contributed by atoms with Crippen LogP contribution >= 0.6 is 0 Å². The number of ether oxygens (including phenoxy) is 10. The summed E-state index contributed by atoms with van der Waals surface area (Å²) in [5.41, 5.74) is 0. The summed E-state index contributed by atoms with van der Waals surface area (Å²) in [5, 5.41) is 7.16. The molecule has 12 atom stereocenters. The Kier molecular flexibility index (Phi) is 19.9. The Morgan fingerprint density at radius 2 is 0.946 bits per heavy atom. The molecule has 14 heteroatoms. The normalized spacial score (nSPS) is 31.0. The molecule has 0 aromatic carbocycles. The average molecular weight is 803 g/mol. The molecule has 4 fully saturated rings. The smallest absolute Gasteiger partial charge is 0.307 e. The minimum absolute atomic E-state index is 0.218. The molecule has 0 aliphatic carbocycles. The van der Waals surface area contributed by atoms with E-state index in [-0.39, 0.29) is 85.6 Å². The third-order valence-corrected chi connectivity index (χ3v) is 10.6. The lowest BCUT2D eigenvalue weighted by Gasteiger charge is -2.32. The maximum Gasteiger partial charge on any atom is 0.307 e. The van der Waals surface area contributed by atoms with Crippen LogP contribution in [0.2, 0.25) is 0 Å². The number of carbonyl (C=O) groups excluding carboxylic acids is 2. The number of hydrogen-bond donors (Lipinski definition) is 2. The fourth-order valence-corrected chi connectivity index (χ4v) is 8.09. The van der Waals surface area contributed by atoms with E-state index in [1.807, 2.05) is 41.5 Å². The van der Waals surface area contributed by atoms with Crippen molar-refractivity contribution in [2.45, 2.75) is 219 Å². The molecule has 4 heterocycles. The van der Waals surface area contributed by atoms with Gasteiger partial charge in [0.25, 0.3) is 0 Å². The average Bonchev–Trinajstić information content (AvgIpc) is 3.77. The number of carbonyl (C=O) groups is 2. The summed E-state index contributed by atoms with van der Waals surface area (Å²) in [6.07, 6.45) is 4.22. The van der Waals surface area contributed by atoms with Gasteiger partial charge in [-0.25, -0.2) is 0 Å². The maximum atomic E-state index is 12.2. The van der Waals surface area contributed by atoms with Crippen molar-refractivity contribution < 1.29 is 57.0 Å². The van der Waals surface area contributed by atoms with Crippen LogP contribution < -0.4 is 10.6 Å². The second-order valence-corrected chi connectivity index (χ2v) is 17.6. The monoisotopic (exact) mass is 803 g/mol. The van der Waals surface area contributed by atoms with E-state index in [0.29, 0.717) is 25.0 Å². The van der Waals surface area contributed by atoms with Crippen LogP contribution in [0.1, 0.15) is 134 Å². The van der Waals surface area contributed by atoms with Gasteiger partial charge in [0, 0.05) is 38.4 Å². The molecule has 328 valence electrons. The van der Waals surface area contributed by atoms with E-state index >= 15 is 0 Å². The molecule has 2 N–H and O–H groups in total. The Morgan fingerprint density at radius 3 is 1.25 bits per heavy atom. The van der Waals surface area contributed by atoms with Gasteiger partial charge in [0.15, 0.2) is 24.2 Å². The first-order chi connectivity index (χ1) is 26.3. The van der Waals surface area contributed by atoms with E-state index in [4.69, 9.17) is 47.4 Å². The van der Waals surface area contributed by atoms with Crippen molar-refractivity contribution in [1.82, 2.24) is 10.6 Å². The summed E-state index contributed by atoms with van der Waals surface area (Å²) in [4.78, 5) is 24.4. The molecule has 4 saturated heterocycles. The largest absolute Gasteiger partial charge is 0.466 e. The highest BCUT2D eigenvalue weighted by atomic mass is 16.9. The molecule has 0 aromatic rings. The molecule has 4 aliphatic heterocycles. The first-order valence-electron chi connectivity index (χ1n) is 21.2. The molecular formula is C42H78N2O12. The maximum absolute atomic E-state index is 12.2. The molecule has 0 aromatic heterocycles. The predicted molar refractivity (Wildman–Crippen MR) is 212 cm³/mol. The van der Waals surface area contributed by atoms with Gasteiger partial charge in [0.1, 0.15) is 36.6 Å². The summed E-state index contributed by atoms with van der Waals surface area (Å²) in [5.74, 6) is -0.512. The van der Waals surface area contributed by atoms with Gasteiger partial charge in [-0.1, -0.05) is 53.4 Å². The van der Waals surface area contributed by atoms with Crippen LogP contribution in [0.25, 0.3) is 0 Å². The standard InChI is InChI=1S/2C21H39NO6/c2*1-8-25-16(23)12-15(22-14(4)11-9-10-13(2)3)17-18(24-7)19-20(26-17)28-21(5,6)27-19/h2*13-15,17-20,22H,8-12H2,1-7H3/t14?,15-,17+,18-,19+,20+;14?,15-,17-,18+,19-,20-/m01/s1. The van der Waals surface area contributed by atoms with E-state index in [0.717, 1.165) is 25.7 Å². The number of methoxy groups -OCH3 is 2. The van der Waals surface area contributed by atoms with Gasteiger partial charge in [-0.15, -0.1) is 0 Å². The van der Waals surface area contributed by atoms with Crippen LogP contribution in [-0.4, -0.2) is 124 Å². The molecule has 0 saturated carbocycles. The minimum atomic E-state index is -0.703. The van der Waals surface area contributed by atoms with Crippen molar-refractivity contribution >= 4 is 11.9 Å². The molecule has 0 spiro atoms. The zero-order chi connectivity index (χ0) is 41.8. The first-order valence-corrected chi connectivity index (χ1v) is 21.2. The Balaban J connectivity index is 0.000000300. The molecule has 56 heavy (non-hydrogen) atoms. The van der Waals surface area contributed by atoms with E-state index in [2.05, 4.69) is 52.2 Å². The summed E-state index contributed by atoms with van der Waals surface area (Å²) >= 11 is 0. The SMILES string of the molecule is CCOC(=O)C[C@@H](NC(C)CCCC(C)C)[C@H]1O[C@@H]2OC(C)(C)O[C@@H]2[C@H]1OC.CCOC(=O)C[C@H](NC(C)CCCC(C)C)[C@H]1O[C@@H]2OC(C)(C)O[C@@H]2[C@H]1OC. The van der Waals surface area contributed by atoms with Crippen LogP contribution in [0.3, 0.4) is 0 Å². The quantitative estimate of drug-likeness (QED) is 0.123. The predicted octanol–water partition coefficient (Wildman–Crippen LogP) is 6.01. The number of nitrogens with one attached hydrogen (secondary N) is 2. The molecule has 14 nitrogen and oxygen atoms in total. The van der Waals surface area contributed by atoms with Gasteiger partial charge in [-0.3, -0.25) is 9.59 Å². The van der Waals surface area contributed by atoms with Gasteiger partial charge < -0.3 is 58.0 Å². The molecular weight excluding hydrogens is 724 g/mol. The van der Waals surface area contributed by atoms with E-state index in [1.165, 1.54) is 12.8 Å². The highest BCUT2D eigenvalue weighted by Crippen LogP contribution is 2.41. The lowest BCUT2D eigenvalue weighted by molar-refractivity contribution is -0.221. The number of rotatable bonds is 22. The van der Waals surface area contributed by atoms with E-state index < -0.39 is 24.2 Å². The van der Waals surface area contributed by atoms with Crippen LogP contribution in [-0.2, 0) is 57.0 Å². The lowest BCUT2D eigenvalue weighted by atomic mass is 9.98. The summed E-state index contributed by atoms with van der Waals surface area (Å²) in [6, 6.07) is 0.0222. The highest BCUT2D eigenvalue weighted by molar-refractivity contribution is 5.70. The summed E-state index contributed by atoms with van der Waals surface area (Å²) < 4.78 is 57.9. The number of esters is 2. The molecule has 2 unspecified atom stereocenters. The molecule has 0 amide bonds. The summed E-state index contributed by atoms with van der Waals surface area (Å²) in [6.45, 7) is 25.0. The van der Waals surface area contributed by atoms with E-state index in [9.17, 15) is 9.59 Å². The minimum Gasteiger partial charge on any atom is -0.466 e. The molecule has 4 aliphatic rings. The number of fused-ring (bicyclic) bond motifs is 2. The van der Waals surface area contributed by atoms with Crippen molar-refractivity contribution in [2.24, 2.45) is 11.8 Å². The molecule has 0 bridgehead atoms. The van der Waals surface area contributed by atoms with Crippen molar-refractivity contribution in [3.63, 3.8) is 0 Å². The van der Waals surface area contributed by atoms with Crippen LogP contribution in [0.5, 0.6) is 0 Å². The highest BCUT2D eigenvalue weighted by Gasteiger charge is 2.58. The van der Waals surface area contributed by atoms with Gasteiger partial charge in [-0.2, -0.15) is 0 Å². The Labute approximate surface area is 337 Å². The van der Waals surface area contributed by atoms with Crippen molar-refractivity contribution in [3.05, 3.63) is 0 Å². The third kappa shape index (κ3) is 15.0. The zero-order valence-corrected chi connectivity index (χ0v) is 37.1. The van der Waals surface area contributed by atoms with Gasteiger partial charge in [0.2, 0.25) is 0 Å². The zero-order valence-electron chi connectivity index (χ0n) is 37.1. The van der Waals surface area contributed by atoms with Gasteiger partial charge >= 0.3 is 11.9 Å². The first kappa shape index (κ1) is 48.9. The topological polar surface area (TPSA) is 150 Å². The van der Waals surface area contributed by atoms with Crippen molar-refractivity contribution in [1.29, 1.82) is 0 Å². The Hall–Kier alpha value is -1.46. The molecule has 4 rings (SSSR count). The molecule has 0 radical (unpaired) electrons. The van der Waals surface area contributed by atoms with Crippen LogP contribution in [0, 0.1) is 11.8 Å². The fraction of sp³-hybridized carbons (Fsp3) is 0.952. The third-order valence-electron chi connectivity index (χ3n) is 10.6. The second kappa shape index (κ2) is 22.8. The Morgan fingerprint density at radius 1 is 0.589 bits per heavy atom.